The molecule has 0 aromatic rings. The van der Waals surface area contributed by atoms with Gasteiger partial charge in [-0.3, -0.25) is 0 Å². The second-order valence-electron chi connectivity index (χ2n) is 2.68. The Hall–Kier alpha value is 0.440. The number of thiocarbonyl (C=S) groups is 1. The summed E-state index contributed by atoms with van der Waals surface area (Å²) in [5, 5.41) is 0. The van der Waals surface area contributed by atoms with E-state index in [4.69, 9.17) is 12.2 Å². The molecule has 0 fully saturated rings. The Kier molecular flexibility index (Phi) is 6.44. The Morgan fingerprint density at radius 3 is 2.50 bits per heavy atom. The second-order valence-corrected chi connectivity index (χ2v) is 4.51. The van der Waals surface area contributed by atoms with Crippen molar-refractivity contribution in [2.24, 2.45) is 5.92 Å². The fraction of sp³-hybridized carbons (Fsp3) is 0.875. The van der Waals surface area contributed by atoms with Crippen LogP contribution >= 0.6 is 24.0 Å². The molecule has 0 bridgehead atoms. The summed E-state index contributed by atoms with van der Waals surface area (Å²) in [4.78, 5) is 0. The Morgan fingerprint density at radius 2 is 2.10 bits per heavy atom. The molecule has 0 aromatic carbocycles. The van der Waals surface area contributed by atoms with Crippen molar-refractivity contribution in [3.05, 3.63) is 0 Å². The number of hydrogen-bond acceptors (Lipinski definition) is 2. The summed E-state index contributed by atoms with van der Waals surface area (Å²) in [6.07, 6.45) is 2.56. The Bertz CT molecular complexity index is 97.4. The lowest BCUT2D eigenvalue weighted by Crippen LogP contribution is -1.99. The molecular formula is C8H16S2. The van der Waals surface area contributed by atoms with Crippen molar-refractivity contribution in [1.82, 2.24) is 0 Å². The predicted octanol–water partition coefficient (Wildman–Crippen LogP) is 3.50. The third-order valence-electron chi connectivity index (χ3n) is 1.21. The van der Waals surface area contributed by atoms with Gasteiger partial charge in [-0.05, 0) is 18.1 Å². The van der Waals surface area contributed by atoms with Gasteiger partial charge in [-0.2, -0.15) is 0 Å². The number of rotatable bonds is 4. The molecule has 0 N–H and O–H groups in total. The molecule has 0 aliphatic carbocycles. The van der Waals surface area contributed by atoms with E-state index in [-0.39, 0.29) is 0 Å². The summed E-state index contributed by atoms with van der Waals surface area (Å²) >= 11 is 6.99. The maximum Gasteiger partial charge on any atom is 0.0503 e. The normalized spacial score (nSPS) is 10.4. The van der Waals surface area contributed by atoms with Crippen LogP contribution in [-0.4, -0.2) is 9.95 Å². The Balaban J connectivity index is 3.22. The molecule has 0 rings (SSSR count). The molecule has 0 aromatic heterocycles. The van der Waals surface area contributed by atoms with Gasteiger partial charge < -0.3 is 0 Å². The molecule has 0 aliphatic heterocycles. The van der Waals surface area contributed by atoms with Crippen LogP contribution in [0.4, 0.5) is 0 Å². The number of hydrogen-bond donors (Lipinski definition) is 0. The van der Waals surface area contributed by atoms with Gasteiger partial charge in [0.25, 0.3) is 0 Å². The second kappa shape index (κ2) is 6.17. The van der Waals surface area contributed by atoms with Crippen LogP contribution in [0.15, 0.2) is 0 Å². The minimum absolute atomic E-state index is 0.567. The first-order valence-electron chi connectivity index (χ1n) is 3.85. The molecule has 0 spiro atoms. The number of unbranched alkanes of at least 4 members (excludes halogenated alkanes) is 1. The minimum Gasteiger partial charge on any atom is -0.119 e. The molecule has 0 saturated heterocycles. The van der Waals surface area contributed by atoms with Crippen LogP contribution in [0.1, 0.15) is 33.6 Å². The van der Waals surface area contributed by atoms with Crippen molar-refractivity contribution in [2.75, 3.05) is 5.75 Å². The van der Waals surface area contributed by atoms with Gasteiger partial charge in [0.1, 0.15) is 0 Å². The highest BCUT2D eigenvalue weighted by Crippen LogP contribution is 2.14. The van der Waals surface area contributed by atoms with Crippen LogP contribution in [-0.2, 0) is 0 Å². The number of thioether (sulfide) groups is 1. The first kappa shape index (κ1) is 10.4. The molecule has 0 nitrogen and oxygen atoms in total. The van der Waals surface area contributed by atoms with Crippen LogP contribution in [0.5, 0.6) is 0 Å². The smallest absolute Gasteiger partial charge is 0.0503 e. The van der Waals surface area contributed by atoms with Gasteiger partial charge in [-0.25, -0.2) is 0 Å². The Labute approximate surface area is 73.8 Å². The first-order valence-corrected chi connectivity index (χ1v) is 5.24. The van der Waals surface area contributed by atoms with Crippen LogP contribution in [0.25, 0.3) is 0 Å². The highest BCUT2D eigenvalue weighted by molar-refractivity contribution is 8.23. The third-order valence-corrected chi connectivity index (χ3v) is 3.29. The average molecular weight is 176 g/mol. The van der Waals surface area contributed by atoms with Gasteiger partial charge in [0, 0.05) is 0 Å². The standard InChI is InChI=1S/C8H16S2/c1-4-5-6-10-8(9)7(2)3/h7H,4-6H2,1-3H3. The van der Waals surface area contributed by atoms with Crippen LogP contribution in [0, 0.1) is 5.92 Å². The van der Waals surface area contributed by atoms with E-state index >= 15 is 0 Å². The third kappa shape index (κ3) is 5.24. The molecule has 0 unspecified atom stereocenters. The maximum atomic E-state index is 5.15. The van der Waals surface area contributed by atoms with E-state index in [1.807, 2.05) is 11.8 Å². The summed E-state index contributed by atoms with van der Waals surface area (Å²) in [6.45, 7) is 6.52. The molecule has 2 heteroatoms. The fourth-order valence-electron chi connectivity index (χ4n) is 0.484. The van der Waals surface area contributed by atoms with E-state index in [0.29, 0.717) is 5.92 Å². The van der Waals surface area contributed by atoms with Gasteiger partial charge in [-0.15, -0.1) is 11.8 Å². The van der Waals surface area contributed by atoms with E-state index in [1.165, 1.54) is 18.6 Å². The van der Waals surface area contributed by atoms with Crippen molar-refractivity contribution in [2.45, 2.75) is 33.6 Å². The first-order chi connectivity index (χ1) is 4.68. The molecule has 10 heavy (non-hydrogen) atoms. The average Bonchev–Trinajstić information content (AvgIpc) is 1.88. The van der Waals surface area contributed by atoms with E-state index < -0.39 is 0 Å². The van der Waals surface area contributed by atoms with Gasteiger partial charge in [0.05, 0.1) is 4.20 Å². The van der Waals surface area contributed by atoms with E-state index in [2.05, 4.69) is 20.8 Å². The topological polar surface area (TPSA) is 0 Å². The molecule has 0 saturated carbocycles. The summed E-state index contributed by atoms with van der Waals surface area (Å²) in [5.41, 5.74) is 0. The quantitative estimate of drug-likeness (QED) is 0.475. The van der Waals surface area contributed by atoms with Crippen molar-refractivity contribution >= 4 is 28.2 Å². The molecule has 0 aliphatic rings. The summed E-state index contributed by atoms with van der Waals surface area (Å²) < 4.78 is 1.16. The maximum absolute atomic E-state index is 5.15. The van der Waals surface area contributed by atoms with E-state index in [0.717, 1.165) is 4.20 Å². The largest absolute Gasteiger partial charge is 0.119 e. The van der Waals surface area contributed by atoms with Crippen LogP contribution in [0.2, 0.25) is 0 Å². The Morgan fingerprint density at radius 1 is 1.50 bits per heavy atom. The van der Waals surface area contributed by atoms with Gasteiger partial charge in [-0.1, -0.05) is 39.4 Å². The zero-order valence-corrected chi connectivity index (χ0v) is 8.65. The van der Waals surface area contributed by atoms with Gasteiger partial charge >= 0.3 is 0 Å². The lowest BCUT2D eigenvalue weighted by atomic mass is 10.3. The monoisotopic (exact) mass is 176 g/mol. The van der Waals surface area contributed by atoms with Gasteiger partial charge in [0.15, 0.2) is 0 Å². The lowest BCUT2D eigenvalue weighted by Gasteiger charge is -2.04. The fourth-order valence-corrected chi connectivity index (χ4v) is 1.70. The van der Waals surface area contributed by atoms with Crippen LogP contribution < -0.4 is 0 Å². The zero-order valence-electron chi connectivity index (χ0n) is 7.02. The van der Waals surface area contributed by atoms with Crippen LogP contribution in [0.3, 0.4) is 0 Å². The highest BCUT2D eigenvalue weighted by Gasteiger charge is 2.01. The van der Waals surface area contributed by atoms with E-state index in [1.54, 1.807) is 0 Å². The molecule has 0 heterocycles. The predicted molar refractivity (Wildman–Crippen MR) is 54.8 cm³/mol. The lowest BCUT2D eigenvalue weighted by molar-refractivity contribution is 0.894. The van der Waals surface area contributed by atoms with Gasteiger partial charge in [0.2, 0.25) is 0 Å². The molecule has 0 atom stereocenters. The highest BCUT2D eigenvalue weighted by atomic mass is 32.2. The summed E-state index contributed by atoms with van der Waals surface area (Å²) in [6, 6.07) is 0. The van der Waals surface area contributed by atoms with E-state index in [9.17, 15) is 0 Å². The molecule has 0 amide bonds. The zero-order chi connectivity index (χ0) is 7.98. The minimum atomic E-state index is 0.567. The summed E-state index contributed by atoms with van der Waals surface area (Å²) in [7, 11) is 0. The van der Waals surface area contributed by atoms with Crippen molar-refractivity contribution < 1.29 is 0 Å². The van der Waals surface area contributed by atoms with Crippen molar-refractivity contribution in [1.29, 1.82) is 0 Å². The molecule has 60 valence electrons. The SMILES string of the molecule is CCCCSC(=S)C(C)C. The van der Waals surface area contributed by atoms with Crippen molar-refractivity contribution in [3.63, 3.8) is 0 Å². The van der Waals surface area contributed by atoms with Crippen molar-refractivity contribution in [3.8, 4) is 0 Å². The summed E-state index contributed by atoms with van der Waals surface area (Å²) in [5.74, 6) is 1.77. The molecule has 0 radical (unpaired) electrons. The molecular weight excluding hydrogens is 160 g/mol.